The second-order valence-corrected chi connectivity index (χ2v) is 7.27. The summed E-state index contributed by atoms with van der Waals surface area (Å²) in [6.07, 6.45) is 5.16. The minimum atomic E-state index is 0.113. The summed E-state index contributed by atoms with van der Waals surface area (Å²) >= 11 is 0. The third kappa shape index (κ3) is 2.06. The number of rotatable bonds is 2. The molecule has 1 aliphatic carbocycles. The summed E-state index contributed by atoms with van der Waals surface area (Å²) in [5, 5.41) is 0. The van der Waals surface area contributed by atoms with Crippen molar-refractivity contribution in [2.45, 2.75) is 57.9 Å². The second kappa shape index (κ2) is 4.24. The van der Waals surface area contributed by atoms with Crippen molar-refractivity contribution in [1.82, 2.24) is 0 Å². The first kappa shape index (κ1) is 13.0. The smallest absolute Gasteiger partial charge is 0.123 e. The van der Waals surface area contributed by atoms with Crippen LogP contribution in [0.5, 0.6) is 5.75 Å². The van der Waals surface area contributed by atoms with Crippen LogP contribution in [0.2, 0.25) is 0 Å². The summed E-state index contributed by atoms with van der Waals surface area (Å²) in [5.74, 6) is 1.04. The van der Waals surface area contributed by atoms with Gasteiger partial charge in [0.2, 0.25) is 0 Å². The predicted octanol–water partition coefficient (Wildman–Crippen LogP) is 3.94. The molecule has 1 aromatic rings. The van der Waals surface area contributed by atoms with Gasteiger partial charge in [0.15, 0.2) is 0 Å². The summed E-state index contributed by atoms with van der Waals surface area (Å²) in [5.41, 5.74) is 9.57. The number of hydrogen-bond donors (Lipinski definition) is 1. The minimum Gasteiger partial charge on any atom is -0.492 e. The van der Waals surface area contributed by atoms with E-state index < -0.39 is 0 Å². The fourth-order valence-corrected chi connectivity index (χ4v) is 3.63. The fraction of sp³-hybridized carbons (Fsp3) is 0.647. The number of ether oxygens (including phenoxy) is 1. The number of fused-ring (bicyclic) bond motifs is 1. The largest absolute Gasteiger partial charge is 0.492 e. The van der Waals surface area contributed by atoms with Crippen molar-refractivity contribution in [2.75, 3.05) is 6.61 Å². The van der Waals surface area contributed by atoms with Crippen molar-refractivity contribution in [3.63, 3.8) is 0 Å². The zero-order valence-corrected chi connectivity index (χ0v) is 12.3. The minimum absolute atomic E-state index is 0.113. The Labute approximate surface area is 116 Å². The molecule has 2 heteroatoms. The molecule has 2 aliphatic rings. The molecule has 1 aromatic carbocycles. The molecule has 104 valence electrons. The van der Waals surface area contributed by atoms with Gasteiger partial charge in [0.05, 0.1) is 6.61 Å². The molecule has 1 heterocycles. The normalized spacial score (nSPS) is 24.8. The van der Waals surface area contributed by atoms with E-state index in [0.717, 1.165) is 12.4 Å². The Morgan fingerprint density at radius 3 is 2.53 bits per heavy atom. The molecular weight excluding hydrogens is 234 g/mol. The number of hydrogen-bond acceptors (Lipinski definition) is 2. The van der Waals surface area contributed by atoms with Crippen molar-refractivity contribution >= 4 is 0 Å². The maximum Gasteiger partial charge on any atom is 0.123 e. The van der Waals surface area contributed by atoms with E-state index in [1.807, 2.05) is 0 Å². The highest BCUT2D eigenvalue weighted by Crippen LogP contribution is 2.47. The number of nitrogens with two attached hydrogens (primary N) is 1. The van der Waals surface area contributed by atoms with E-state index >= 15 is 0 Å². The second-order valence-electron chi connectivity index (χ2n) is 7.27. The molecule has 1 saturated carbocycles. The van der Waals surface area contributed by atoms with E-state index in [1.165, 1.54) is 36.8 Å². The van der Waals surface area contributed by atoms with Gasteiger partial charge in [0.1, 0.15) is 5.75 Å². The lowest BCUT2D eigenvalue weighted by atomic mass is 9.76. The van der Waals surface area contributed by atoms with Crippen LogP contribution in [0.25, 0.3) is 0 Å². The quantitative estimate of drug-likeness (QED) is 0.873. The van der Waals surface area contributed by atoms with Crippen LogP contribution in [-0.4, -0.2) is 6.61 Å². The fourth-order valence-electron chi connectivity index (χ4n) is 3.63. The summed E-state index contributed by atoms with van der Waals surface area (Å²) in [7, 11) is 0. The summed E-state index contributed by atoms with van der Waals surface area (Å²) < 4.78 is 5.76. The molecule has 3 rings (SSSR count). The van der Waals surface area contributed by atoms with Gasteiger partial charge < -0.3 is 10.5 Å². The van der Waals surface area contributed by atoms with Gasteiger partial charge in [-0.25, -0.2) is 0 Å². The van der Waals surface area contributed by atoms with Crippen molar-refractivity contribution in [3.8, 4) is 5.75 Å². The average Bonchev–Trinajstić information content (AvgIpc) is 2.94. The maximum atomic E-state index is 6.58. The van der Waals surface area contributed by atoms with E-state index in [0.29, 0.717) is 0 Å². The SMILES string of the molecule is CC1(C)COc2ccc(C(N)C3(C)CCCC3)cc21. The molecule has 0 bridgehead atoms. The third-order valence-electron chi connectivity index (χ3n) is 5.18. The molecule has 0 spiro atoms. The van der Waals surface area contributed by atoms with Crippen LogP contribution >= 0.6 is 0 Å². The van der Waals surface area contributed by atoms with Gasteiger partial charge in [0.25, 0.3) is 0 Å². The van der Waals surface area contributed by atoms with Crippen LogP contribution in [0.3, 0.4) is 0 Å². The first-order valence-electron chi connectivity index (χ1n) is 7.45. The third-order valence-corrected chi connectivity index (χ3v) is 5.18. The van der Waals surface area contributed by atoms with Gasteiger partial charge in [-0.1, -0.05) is 39.7 Å². The Hall–Kier alpha value is -1.02. The first-order chi connectivity index (χ1) is 8.92. The first-order valence-corrected chi connectivity index (χ1v) is 7.45. The Balaban J connectivity index is 1.94. The monoisotopic (exact) mass is 259 g/mol. The van der Waals surface area contributed by atoms with E-state index in [4.69, 9.17) is 10.5 Å². The van der Waals surface area contributed by atoms with Crippen molar-refractivity contribution in [3.05, 3.63) is 29.3 Å². The van der Waals surface area contributed by atoms with Gasteiger partial charge in [-0.05, 0) is 36.0 Å². The molecule has 0 amide bonds. The topological polar surface area (TPSA) is 35.2 Å². The van der Waals surface area contributed by atoms with Crippen molar-refractivity contribution in [1.29, 1.82) is 0 Å². The Morgan fingerprint density at radius 2 is 1.84 bits per heavy atom. The molecule has 1 aliphatic heterocycles. The lowest BCUT2D eigenvalue weighted by Crippen LogP contribution is -2.29. The summed E-state index contributed by atoms with van der Waals surface area (Å²) in [6.45, 7) is 7.61. The molecule has 19 heavy (non-hydrogen) atoms. The van der Waals surface area contributed by atoms with Gasteiger partial charge in [-0.2, -0.15) is 0 Å². The Morgan fingerprint density at radius 1 is 1.16 bits per heavy atom. The van der Waals surface area contributed by atoms with Crippen LogP contribution in [0.4, 0.5) is 0 Å². The van der Waals surface area contributed by atoms with Crippen molar-refractivity contribution in [2.24, 2.45) is 11.1 Å². The predicted molar refractivity (Wildman–Crippen MR) is 78.5 cm³/mol. The van der Waals surface area contributed by atoms with Gasteiger partial charge >= 0.3 is 0 Å². The van der Waals surface area contributed by atoms with Crippen LogP contribution in [-0.2, 0) is 5.41 Å². The zero-order valence-electron chi connectivity index (χ0n) is 12.3. The van der Waals surface area contributed by atoms with Gasteiger partial charge in [-0.3, -0.25) is 0 Å². The molecule has 0 saturated heterocycles. The van der Waals surface area contributed by atoms with E-state index in [-0.39, 0.29) is 16.9 Å². The van der Waals surface area contributed by atoms with Crippen molar-refractivity contribution < 1.29 is 4.74 Å². The van der Waals surface area contributed by atoms with Crippen LogP contribution in [0, 0.1) is 5.41 Å². The average molecular weight is 259 g/mol. The van der Waals surface area contributed by atoms with Crippen LogP contribution in [0.15, 0.2) is 18.2 Å². The summed E-state index contributed by atoms with van der Waals surface area (Å²) in [6, 6.07) is 6.71. The van der Waals surface area contributed by atoms with Gasteiger partial charge in [-0.15, -0.1) is 0 Å². The van der Waals surface area contributed by atoms with Crippen LogP contribution in [0.1, 0.15) is 63.6 Å². The van der Waals surface area contributed by atoms with E-state index in [1.54, 1.807) is 0 Å². The van der Waals surface area contributed by atoms with E-state index in [9.17, 15) is 0 Å². The molecule has 1 unspecified atom stereocenters. The number of benzene rings is 1. The van der Waals surface area contributed by atoms with Gasteiger partial charge in [0, 0.05) is 17.0 Å². The molecule has 2 nitrogen and oxygen atoms in total. The molecule has 0 radical (unpaired) electrons. The molecule has 0 aromatic heterocycles. The molecule has 1 atom stereocenters. The highest BCUT2D eigenvalue weighted by Gasteiger charge is 2.37. The molecular formula is C17H25NO. The Kier molecular flexibility index (Phi) is 2.90. The summed E-state index contributed by atoms with van der Waals surface area (Å²) in [4.78, 5) is 0. The maximum absolute atomic E-state index is 6.58. The highest BCUT2D eigenvalue weighted by atomic mass is 16.5. The lowest BCUT2D eigenvalue weighted by Gasteiger charge is -2.32. The zero-order chi connectivity index (χ0) is 13.7. The molecule has 1 fully saturated rings. The van der Waals surface area contributed by atoms with Crippen LogP contribution < -0.4 is 10.5 Å². The Bertz CT molecular complexity index is 486. The highest BCUT2D eigenvalue weighted by molar-refractivity contribution is 5.46. The standard InChI is InChI=1S/C17H25NO/c1-16(2)11-19-14-7-6-12(10-13(14)16)15(18)17(3)8-4-5-9-17/h6-7,10,15H,4-5,8-9,11,18H2,1-3H3. The lowest BCUT2D eigenvalue weighted by molar-refractivity contribution is 0.265. The van der Waals surface area contributed by atoms with E-state index in [2.05, 4.69) is 39.0 Å². The molecule has 2 N–H and O–H groups in total.